The van der Waals surface area contributed by atoms with Crippen molar-refractivity contribution in [2.45, 2.75) is 30.6 Å². The zero-order valence-electron chi connectivity index (χ0n) is 27.7. The molecule has 258 valence electrons. The number of carbonyl (C=O) groups excluding carboxylic acids is 4. The number of methoxy groups -OCH3 is 1. The van der Waals surface area contributed by atoms with Crippen LogP contribution in [0.25, 0.3) is 0 Å². The van der Waals surface area contributed by atoms with Gasteiger partial charge in [-0.3, -0.25) is 24.1 Å². The number of amides is 4. The van der Waals surface area contributed by atoms with Gasteiger partial charge in [-0.2, -0.15) is 0 Å². The summed E-state index contributed by atoms with van der Waals surface area (Å²) in [5.74, 6) is -4.68. The average Bonchev–Trinajstić information content (AvgIpc) is 3.52. The minimum Gasteiger partial charge on any atom is -0.508 e. The summed E-state index contributed by atoms with van der Waals surface area (Å²) in [6, 6.07) is 27.4. The molecular formula is C41H35ClN2O7. The van der Waals surface area contributed by atoms with Crippen molar-refractivity contribution >= 4 is 40.9 Å². The van der Waals surface area contributed by atoms with Crippen molar-refractivity contribution in [2.24, 2.45) is 23.7 Å². The molecule has 9 nitrogen and oxygen atoms in total. The highest BCUT2D eigenvalue weighted by molar-refractivity contribution is 6.32. The summed E-state index contributed by atoms with van der Waals surface area (Å²) in [5, 5.41) is 21.7. The molecule has 0 unspecified atom stereocenters. The van der Waals surface area contributed by atoms with Gasteiger partial charge in [0, 0.05) is 29.1 Å². The third kappa shape index (κ3) is 4.97. The van der Waals surface area contributed by atoms with Crippen molar-refractivity contribution in [2.75, 3.05) is 18.6 Å². The number of ether oxygens (including phenoxy) is 1. The molecule has 6 atom stereocenters. The van der Waals surface area contributed by atoms with Crippen molar-refractivity contribution in [3.63, 3.8) is 0 Å². The van der Waals surface area contributed by atoms with E-state index in [9.17, 15) is 24.6 Å². The fraction of sp³-hybridized carbons (Fsp3) is 0.268. The lowest BCUT2D eigenvalue weighted by molar-refractivity contribution is -0.140. The second kappa shape index (κ2) is 12.4. The average molecular weight is 703 g/mol. The Kier molecular flexibility index (Phi) is 7.98. The number of likely N-dealkylation sites (tertiary alicyclic amines) is 1. The molecule has 10 heteroatoms. The zero-order chi connectivity index (χ0) is 35.6. The van der Waals surface area contributed by atoms with E-state index in [0.29, 0.717) is 34.0 Å². The van der Waals surface area contributed by atoms with E-state index >= 15 is 4.79 Å². The molecule has 2 aliphatic heterocycles. The lowest BCUT2D eigenvalue weighted by Gasteiger charge is -2.50. The molecule has 4 aliphatic rings. The Morgan fingerprint density at radius 1 is 0.843 bits per heavy atom. The highest BCUT2D eigenvalue weighted by Crippen LogP contribution is 2.65. The van der Waals surface area contributed by atoms with Gasteiger partial charge in [0.15, 0.2) is 0 Å². The Morgan fingerprint density at radius 2 is 1.61 bits per heavy atom. The number of carbonyl (C=O) groups is 4. The maximum Gasteiger partial charge on any atom is 0.246 e. The Morgan fingerprint density at radius 3 is 2.31 bits per heavy atom. The molecule has 0 aromatic heterocycles. The van der Waals surface area contributed by atoms with Crippen LogP contribution in [0.1, 0.15) is 35.4 Å². The molecule has 0 bridgehead atoms. The quantitative estimate of drug-likeness (QED) is 0.175. The van der Waals surface area contributed by atoms with E-state index in [4.69, 9.17) is 16.3 Å². The van der Waals surface area contributed by atoms with Crippen LogP contribution in [0.4, 0.5) is 5.69 Å². The molecule has 51 heavy (non-hydrogen) atoms. The van der Waals surface area contributed by atoms with Gasteiger partial charge in [0.1, 0.15) is 17.2 Å². The molecule has 2 saturated heterocycles. The summed E-state index contributed by atoms with van der Waals surface area (Å²) in [5.41, 5.74) is 1.51. The first kappa shape index (κ1) is 32.8. The fourth-order valence-electron chi connectivity index (χ4n) is 9.17. The number of phenols is 2. The van der Waals surface area contributed by atoms with Gasteiger partial charge in [-0.05, 0) is 72.7 Å². The lowest BCUT2D eigenvalue weighted by atomic mass is 9.49. The van der Waals surface area contributed by atoms with Crippen LogP contribution in [0.5, 0.6) is 17.2 Å². The highest BCUT2D eigenvalue weighted by Gasteiger charge is 2.70. The monoisotopic (exact) mass is 702 g/mol. The molecule has 3 fully saturated rings. The molecular weight excluding hydrogens is 668 g/mol. The number of anilines is 1. The van der Waals surface area contributed by atoms with Gasteiger partial charge >= 0.3 is 0 Å². The van der Waals surface area contributed by atoms with Crippen LogP contribution in [-0.2, 0) is 31.0 Å². The number of imide groups is 2. The maximum atomic E-state index is 15.3. The van der Waals surface area contributed by atoms with E-state index in [0.717, 1.165) is 11.1 Å². The van der Waals surface area contributed by atoms with Crippen LogP contribution in [-0.4, -0.2) is 52.4 Å². The van der Waals surface area contributed by atoms with Gasteiger partial charge in [0.05, 0.1) is 36.0 Å². The number of fused-ring (bicyclic) bond motifs is 4. The van der Waals surface area contributed by atoms with E-state index in [1.54, 1.807) is 60.7 Å². The van der Waals surface area contributed by atoms with Gasteiger partial charge in [-0.15, -0.1) is 0 Å². The Labute approximate surface area is 299 Å². The first-order chi connectivity index (χ1) is 24.6. The van der Waals surface area contributed by atoms with Crippen molar-refractivity contribution in [1.82, 2.24) is 4.90 Å². The highest BCUT2D eigenvalue weighted by atomic mass is 35.5. The van der Waals surface area contributed by atoms with Gasteiger partial charge < -0.3 is 14.9 Å². The zero-order valence-corrected chi connectivity index (χ0v) is 28.5. The second-order valence-electron chi connectivity index (χ2n) is 13.8. The van der Waals surface area contributed by atoms with Crippen molar-refractivity contribution in [3.8, 4) is 17.2 Å². The van der Waals surface area contributed by atoms with Crippen LogP contribution in [0.3, 0.4) is 0 Å². The van der Waals surface area contributed by atoms with E-state index in [2.05, 4.69) is 0 Å². The van der Waals surface area contributed by atoms with Gasteiger partial charge in [-0.1, -0.05) is 77.8 Å². The molecule has 4 aromatic rings. The Bertz CT molecular complexity index is 2120. The smallest absolute Gasteiger partial charge is 0.246 e. The fourth-order valence-corrected chi connectivity index (χ4v) is 9.36. The van der Waals surface area contributed by atoms with Gasteiger partial charge in [-0.25, -0.2) is 4.90 Å². The summed E-state index contributed by atoms with van der Waals surface area (Å²) in [6.07, 6.45) is 2.82. The predicted octanol–water partition coefficient (Wildman–Crippen LogP) is 6.16. The third-order valence-electron chi connectivity index (χ3n) is 11.4. The molecule has 8 rings (SSSR count). The molecule has 0 spiro atoms. The van der Waals surface area contributed by atoms with Crippen LogP contribution in [0.2, 0.25) is 5.02 Å². The summed E-state index contributed by atoms with van der Waals surface area (Å²) >= 11 is 6.38. The SMILES string of the molecule is COc1ccc([C@H]2C3=CC[C@@H]4C(=O)N(CCc5ccc(O)cc5)C(=O)[C@@H]4[C@@H]3C[C@H]3C(=O)N(c4cccc(Cl)c4)C(=O)[C@@]23c2ccccc2)c(O)c1. The van der Waals surface area contributed by atoms with E-state index in [-0.39, 0.29) is 42.7 Å². The predicted molar refractivity (Wildman–Crippen MR) is 189 cm³/mol. The number of hydrogen-bond acceptors (Lipinski definition) is 7. The Balaban J connectivity index is 1.28. The number of rotatable bonds is 7. The number of benzene rings is 4. The van der Waals surface area contributed by atoms with Crippen LogP contribution in [0, 0.1) is 23.7 Å². The normalized spacial score (nSPS) is 26.9. The van der Waals surface area contributed by atoms with Crippen molar-refractivity contribution in [3.05, 3.63) is 130 Å². The molecule has 2 heterocycles. The first-order valence-corrected chi connectivity index (χ1v) is 17.4. The van der Waals surface area contributed by atoms with Crippen LogP contribution in [0.15, 0.2) is 109 Å². The molecule has 4 amide bonds. The van der Waals surface area contributed by atoms with Gasteiger partial charge in [0.2, 0.25) is 23.6 Å². The van der Waals surface area contributed by atoms with Crippen molar-refractivity contribution in [1.29, 1.82) is 0 Å². The minimum atomic E-state index is -1.49. The number of hydrogen-bond donors (Lipinski definition) is 2. The first-order valence-electron chi connectivity index (χ1n) is 17.0. The standard InChI is InChI=1S/C41H35ClN2O7/c1-51-28-14-15-30(34(46)21-28)36-29-16-17-31-35(39(49)43(37(31)47)19-18-23-10-12-27(45)13-11-23)32(29)22-33-38(48)44(26-9-5-8-25(42)20-26)40(50)41(33,36)24-6-3-2-4-7-24/h2-16,20-21,31-33,35-36,45-46H,17-19,22H2,1H3/t31-,32+,33-,35-,36+,41+/m0/s1. The summed E-state index contributed by atoms with van der Waals surface area (Å²) in [4.78, 5) is 61.0. The third-order valence-corrected chi connectivity index (χ3v) is 11.6. The number of halogens is 1. The molecule has 2 N–H and O–H groups in total. The van der Waals surface area contributed by atoms with Crippen LogP contribution < -0.4 is 9.64 Å². The summed E-state index contributed by atoms with van der Waals surface area (Å²) < 4.78 is 5.40. The summed E-state index contributed by atoms with van der Waals surface area (Å²) in [7, 11) is 1.49. The van der Waals surface area contributed by atoms with Crippen molar-refractivity contribution < 1.29 is 34.1 Å². The topological polar surface area (TPSA) is 124 Å². The molecule has 1 saturated carbocycles. The van der Waals surface area contributed by atoms with Crippen LogP contribution >= 0.6 is 11.6 Å². The maximum absolute atomic E-state index is 15.3. The minimum absolute atomic E-state index is 0.108. The number of nitrogens with zero attached hydrogens (tertiary/aromatic N) is 2. The molecule has 0 radical (unpaired) electrons. The van der Waals surface area contributed by atoms with E-state index in [1.165, 1.54) is 23.0 Å². The number of aromatic hydroxyl groups is 2. The van der Waals surface area contributed by atoms with E-state index < -0.39 is 46.8 Å². The van der Waals surface area contributed by atoms with E-state index in [1.807, 2.05) is 36.4 Å². The lowest BCUT2D eigenvalue weighted by Crippen LogP contribution is -2.53. The largest absolute Gasteiger partial charge is 0.508 e. The van der Waals surface area contributed by atoms with Gasteiger partial charge in [0.25, 0.3) is 0 Å². The molecule has 4 aromatic carbocycles. The Hall–Kier alpha value is -5.41. The number of allylic oxidation sites excluding steroid dienone is 2. The summed E-state index contributed by atoms with van der Waals surface area (Å²) in [6.45, 7) is 0.178. The second-order valence-corrected chi connectivity index (χ2v) is 14.2. The molecule has 2 aliphatic carbocycles. The number of phenolic OH excluding ortho intramolecular Hbond substituents is 2.